The first-order valence-corrected chi connectivity index (χ1v) is 9.90. The van der Waals surface area contributed by atoms with Crippen molar-refractivity contribution in [2.24, 2.45) is 7.05 Å². The fraction of sp³-hybridized carbons (Fsp3) is 0.318. The van der Waals surface area contributed by atoms with Crippen molar-refractivity contribution >= 4 is 11.6 Å². The van der Waals surface area contributed by atoms with E-state index < -0.39 is 6.04 Å². The number of aryl methyl sites for hydroxylation is 1. The Morgan fingerprint density at radius 2 is 2.07 bits per heavy atom. The van der Waals surface area contributed by atoms with Gasteiger partial charge in [0.25, 0.3) is 5.56 Å². The Balaban J connectivity index is 1.73. The molecular formula is C22H25N5O3. The molecular weight excluding hydrogens is 382 g/mol. The van der Waals surface area contributed by atoms with E-state index in [9.17, 15) is 9.59 Å². The van der Waals surface area contributed by atoms with Crippen molar-refractivity contribution < 1.29 is 9.53 Å². The van der Waals surface area contributed by atoms with Gasteiger partial charge in [0.1, 0.15) is 6.04 Å². The number of hydrogen-bond acceptors (Lipinski definition) is 5. The van der Waals surface area contributed by atoms with Crippen LogP contribution in [0.5, 0.6) is 0 Å². The highest BCUT2D eigenvalue weighted by atomic mass is 16.5. The van der Waals surface area contributed by atoms with Gasteiger partial charge in [-0.05, 0) is 5.56 Å². The normalized spacial score (nSPS) is 16.5. The molecule has 8 heteroatoms. The van der Waals surface area contributed by atoms with Crippen molar-refractivity contribution in [2.75, 3.05) is 31.7 Å². The van der Waals surface area contributed by atoms with Gasteiger partial charge in [-0.1, -0.05) is 30.3 Å². The third-order valence-corrected chi connectivity index (χ3v) is 5.33. The molecule has 0 saturated carbocycles. The number of anilines is 1. The van der Waals surface area contributed by atoms with Gasteiger partial charge < -0.3 is 19.5 Å². The van der Waals surface area contributed by atoms with E-state index in [0.29, 0.717) is 25.4 Å². The number of benzene rings is 1. The van der Waals surface area contributed by atoms with Crippen molar-refractivity contribution in [3.63, 3.8) is 0 Å². The van der Waals surface area contributed by atoms with Crippen LogP contribution in [0.25, 0.3) is 11.1 Å². The quantitative estimate of drug-likeness (QED) is 0.689. The number of aromatic nitrogens is 3. The number of hydrogen-bond donors (Lipinski definition) is 1. The van der Waals surface area contributed by atoms with E-state index in [-0.39, 0.29) is 18.1 Å². The largest absolute Gasteiger partial charge is 0.377 e. The number of carbonyl (C=O) groups excluding carboxylic acids is 1. The van der Waals surface area contributed by atoms with Crippen LogP contribution < -0.4 is 15.8 Å². The Hall–Kier alpha value is -3.39. The third kappa shape index (κ3) is 3.99. The molecule has 1 N–H and O–H groups in total. The van der Waals surface area contributed by atoms with Crippen LogP contribution in [0.15, 0.2) is 59.8 Å². The molecule has 8 nitrogen and oxygen atoms in total. The maximum absolute atomic E-state index is 12.4. The molecule has 2 aromatic heterocycles. The third-order valence-electron chi connectivity index (χ3n) is 5.33. The van der Waals surface area contributed by atoms with Crippen LogP contribution in [0.2, 0.25) is 0 Å². The zero-order chi connectivity index (χ0) is 21.1. The van der Waals surface area contributed by atoms with Crippen molar-refractivity contribution in [3.05, 3.63) is 70.9 Å². The zero-order valence-corrected chi connectivity index (χ0v) is 17.1. The number of carbonyl (C=O) groups is 1. The summed E-state index contributed by atoms with van der Waals surface area (Å²) in [6, 6.07) is 11.2. The van der Waals surface area contributed by atoms with E-state index >= 15 is 0 Å². The van der Waals surface area contributed by atoms with Crippen molar-refractivity contribution in [1.82, 2.24) is 19.7 Å². The molecule has 4 rings (SSSR count). The number of likely N-dealkylation sites (N-methyl/N-ethyl adjacent to an activating group) is 1. The molecule has 1 aliphatic heterocycles. The maximum Gasteiger partial charge on any atom is 0.252 e. The molecule has 3 aromatic rings. The highest BCUT2D eigenvalue weighted by Crippen LogP contribution is 2.31. The molecule has 3 heterocycles. The summed E-state index contributed by atoms with van der Waals surface area (Å²) in [7, 11) is 3.33. The summed E-state index contributed by atoms with van der Waals surface area (Å²) < 4.78 is 8.94. The number of rotatable bonds is 5. The summed E-state index contributed by atoms with van der Waals surface area (Å²) in [6.45, 7) is 1.95. The Morgan fingerprint density at radius 3 is 2.83 bits per heavy atom. The summed E-state index contributed by atoms with van der Waals surface area (Å²) >= 11 is 0. The lowest BCUT2D eigenvalue weighted by Crippen LogP contribution is -2.53. The van der Waals surface area contributed by atoms with E-state index in [2.05, 4.69) is 22.5 Å². The minimum absolute atomic E-state index is 0.132. The van der Waals surface area contributed by atoms with Gasteiger partial charge in [-0.3, -0.25) is 14.3 Å². The van der Waals surface area contributed by atoms with Gasteiger partial charge in [0, 0.05) is 50.2 Å². The Kier molecular flexibility index (Phi) is 5.67. The van der Waals surface area contributed by atoms with Crippen molar-refractivity contribution in [3.8, 4) is 11.1 Å². The van der Waals surface area contributed by atoms with Gasteiger partial charge in [0.2, 0.25) is 5.91 Å². The Morgan fingerprint density at radius 1 is 1.27 bits per heavy atom. The number of ether oxygens (including phenoxy) is 1. The molecule has 0 spiro atoms. The molecule has 30 heavy (non-hydrogen) atoms. The summed E-state index contributed by atoms with van der Waals surface area (Å²) in [4.78, 5) is 26.8. The molecule has 0 radical (unpaired) electrons. The lowest BCUT2D eigenvalue weighted by Gasteiger charge is -2.37. The lowest BCUT2D eigenvalue weighted by atomic mass is 10.1. The minimum Gasteiger partial charge on any atom is -0.377 e. The summed E-state index contributed by atoms with van der Waals surface area (Å²) in [5, 5.41) is 7.19. The lowest BCUT2D eigenvalue weighted by molar-refractivity contribution is -0.124. The minimum atomic E-state index is -0.492. The highest BCUT2D eigenvalue weighted by Gasteiger charge is 2.31. The number of nitrogens with one attached hydrogen (secondary N) is 1. The van der Waals surface area contributed by atoms with Crippen LogP contribution in [0.4, 0.5) is 5.69 Å². The number of nitrogens with zero attached hydrogens (tertiary/aromatic N) is 4. The first kappa shape index (κ1) is 19.9. The monoisotopic (exact) mass is 407 g/mol. The summed E-state index contributed by atoms with van der Waals surface area (Å²) in [5.74, 6) is -0.138. The molecule has 156 valence electrons. The van der Waals surface area contributed by atoms with Crippen LogP contribution in [-0.4, -0.2) is 53.1 Å². The van der Waals surface area contributed by atoms with Crippen molar-refractivity contribution in [1.29, 1.82) is 0 Å². The molecule has 0 aliphatic carbocycles. The second kappa shape index (κ2) is 8.54. The first-order chi connectivity index (χ1) is 14.6. The smallest absolute Gasteiger partial charge is 0.252 e. The molecule has 1 amide bonds. The van der Waals surface area contributed by atoms with Crippen LogP contribution >= 0.6 is 0 Å². The van der Waals surface area contributed by atoms with Gasteiger partial charge >= 0.3 is 0 Å². The second-order valence-electron chi connectivity index (χ2n) is 7.33. The van der Waals surface area contributed by atoms with E-state index in [4.69, 9.17) is 4.74 Å². The van der Waals surface area contributed by atoms with E-state index in [0.717, 1.165) is 16.7 Å². The standard InChI is InChI=1S/C22H25N5O3/c1-23-22(29)20-15-30-9-8-27(20)19-10-21(28)25(2)14-18(19)17-11-24-26(13-17)12-16-6-4-3-5-7-16/h3-7,10-11,13-14,20H,8-9,12,15H2,1-2H3,(H,23,29). The second-order valence-corrected chi connectivity index (χ2v) is 7.33. The van der Waals surface area contributed by atoms with Crippen LogP contribution in [0.3, 0.4) is 0 Å². The topological polar surface area (TPSA) is 81.4 Å². The van der Waals surface area contributed by atoms with Crippen molar-refractivity contribution in [2.45, 2.75) is 12.6 Å². The van der Waals surface area contributed by atoms with Crippen LogP contribution in [0.1, 0.15) is 5.56 Å². The molecule has 1 saturated heterocycles. The predicted molar refractivity (Wildman–Crippen MR) is 114 cm³/mol. The predicted octanol–water partition coefficient (Wildman–Crippen LogP) is 1.25. The molecule has 1 aliphatic rings. The molecule has 0 bridgehead atoms. The molecule has 1 unspecified atom stereocenters. The van der Waals surface area contributed by atoms with E-state index in [1.807, 2.05) is 34.0 Å². The van der Waals surface area contributed by atoms with Gasteiger partial charge in [0.15, 0.2) is 0 Å². The van der Waals surface area contributed by atoms with Gasteiger partial charge in [-0.25, -0.2) is 0 Å². The summed E-state index contributed by atoms with van der Waals surface area (Å²) in [6.07, 6.45) is 5.56. The van der Waals surface area contributed by atoms with E-state index in [1.54, 1.807) is 37.1 Å². The number of amides is 1. The molecule has 1 fully saturated rings. The van der Waals surface area contributed by atoms with Gasteiger partial charge in [0.05, 0.1) is 31.6 Å². The number of morpholine rings is 1. The average molecular weight is 407 g/mol. The SMILES string of the molecule is CNC(=O)C1COCCN1c1cc(=O)n(C)cc1-c1cnn(Cc2ccccc2)c1. The molecule has 1 aromatic carbocycles. The van der Waals surface area contributed by atoms with Crippen LogP contribution in [-0.2, 0) is 23.1 Å². The average Bonchev–Trinajstić information content (AvgIpc) is 3.23. The highest BCUT2D eigenvalue weighted by molar-refractivity contribution is 5.88. The fourth-order valence-corrected chi connectivity index (χ4v) is 3.72. The molecule has 1 atom stereocenters. The zero-order valence-electron chi connectivity index (χ0n) is 17.1. The van der Waals surface area contributed by atoms with Crippen LogP contribution in [0, 0.1) is 0 Å². The Labute approximate surface area is 174 Å². The van der Waals surface area contributed by atoms with Gasteiger partial charge in [-0.2, -0.15) is 5.10 Å². The maximum atomic E-state index is 12.4. The first-order valence-electron chi connectivity index (χ1n) is 9.90. The van der Waals surface area contributed by atoms with Gasteiger partial charge in [-0.15, -0.1) is 0 Å². The number of pyridine rings is 1. The fourth-order valence-electron chi connectivity index (χ4n) is 3.72. The Bertz CT molecular complexity index is 1090. The van der Waals surface area contributed by atoms with E-state index in [1.165, 1.54) is 0 Å². The summed E-state index contributed by atoms with van der Waals surface area (Å²) in [5.41, 5.74) is 3.48.